The van der Waals surface area contributed by atoms with Crippen molar-refractivity contribution in [3.8, 4) is 16.9 Å². The van der Waals surface area contributed by atoms with E-state index >= 15 is 0 Å². The minimum atomic E-state index is -1.15. The van der Waals surface area contributed by atoms with Gasteiger partial charge in [0.2, 0.25) is 6.29 Å². The third kappa shape index (κ3) is 6.49. The lowest BCUT2D eigenvalue weighted by Gasteiger charge is -2.11. The highest BCUT2D eigenvalue weighted by molar-refractivity contribution is 6.32. The zero-order chi connectivity index (χ0) is 30.7. The lowest BCUT2D eigenvalue weighted by Crippen LogP contribution is -2.24. The van der Waals surface area contributed by atoms with Gasteiger partial charge in [0.25, 0.3) is 5.91 Å². The van der Waals surface area contributed by atoms with Crippen molar-refractivity contribution in [2.45, 2.75) is 60.3 Å². The van der Waals surface area contributed by atoms with Crippen molar-refractivity contribution < 1.29 is 23.8 Å². The Morgan fingerprint density at radius 3 is 2.60 bits per heavy atom. The van der Waals surface area contributed by atoms with Crippen LogP contribution < -0.4 is 10.1 Å². The predicted molar refractivity (Wildman–Crippen MR) is 167 cm³/mol. The Kier molecular flexibility index (Phi) is 9.25. The van der Waals surface area contributed by atoms with E-state index in [1.807, 2.05) is 58.0 Å². The molecule has 4 N–H and O–H groups in total. The van der Waals surface area contributed by atoms with E-state index in [1.165, 1.54) is 0 Å². The van der Waals surface area contributed by atoms with Crippen molar-refractivity contribution in [3.05, 3.63) is 92.8 Å². The van der Waals surface area contributed by atoms with E-state index in [1.54, 1.807) is 19.1 Å². The fourth-order valence-corrected chi connectivity index (χ4v) is 5.54. The molecule has 0 aliphatic rings. The predicted octanol–water partition coefficient (Wildman–Crippen LogP) is 7.01. The van der Waals surface area contributed by atoms with Crippen molar-refractivity contribution >= 4 is 28.4 Å². The normalized spacial score (nSPS) is 12.2. The molecule has 0 saturated heterocycles. The van der Waals surface area contributed by atoms with Gasteiger partial charge in [0.05, 0.1) is 24.4 Å². The number of nitrogens with one attached hydrogen (secondary N) is 3. The molecule has 9 nitrogen and oxygen atoms in total. The standard InChI is InChI=1S/C33H37ClN4O5/c1-6-41-33(40)27-13-12-22(43-27)17-35-32(39)31-25(11-8-14-42-23-15-18(2)29(34)19(3)16-23)24-9-7-10-26(30(24)36-31)28-20(4)37-38-21(28)5/h7,9-10,12-13,15-16,33,36,40H,6,8,11,14,17H2,1-5H3,(H,35,39)(H,37,38). The second-order valence-electron chi connectivity index (χ2n) is 10.6. The summed E-state index contributed by atoms with van der Waals surface area (Å²) in [5.41, 5.74) is 8.05. The zero-order valence-corrected chi connectivity index (χ0v) is 25.8. The Morgan fingerprint density at radius 2 is 1.91 bits per heavy atom. The van der Waals surface area contributed by atoms with Gasteiger partial charge in [0.15, 0.2) is 5.76 Å². The molecule has 0 aliphatic heterocycles. The molecule has 3 aromatic heterocycles. The number of halogens is 1. The van der Waals surface area contributed by atoms with E-state index < -0.39 is 6.29 Å². The number of ether oxygens (including phenoxy) is 2. The molecule has 0 radical (unpaired) electrons. The Hall–Kier alpha value is -4.05. The summed E-state index contributed by atoms with van der Waals surface area (Å²) in [7, 11) is 0. The first-order valence-electron chi connectivity index (χ1n) is 14.4. The minimum absolute atomic E-state index is 0.150. The molecule has 1 amide bonds. The SMILES string of the molecule is CCOC(O)c1ccc(CNC(=O)c2[nH]c3c(-c4c(C)n[nH]c4C)cccc3c2CCCOc2cc(C)c(Cl)c(C)c2)o1. The number of para-hydroxylation sites is 1. The van der Waals surface area contributed by atoms with Gasteiger partial charge in [0.1, 0.15) is 17.2 Å². The van der Waals surface area contributed by atoms with Gasteiger partial charge in [-0.3, -0.25) is 9.89 Å². The molecule has 0 bridgehead atoms. The van der Waals surface area contributed by atoms with Crippen molar-refractivity contribution in [2.24, 2.45) is 0 Å². The van der Waals surface area contributed by atoms with Crippen LogP contribution >= 0.6 is 11.6 Å². The van der Waals surface area contributed by atoms with Crippen molar-refractivity contribution in [3.63, 3.8) is 0 Å². The van der Waals surface area contributed by atoms with Crippen LogP contribution in [0.5, 0.6) is 5.75 Å². The van der Waals surface area contributed by atoms with Gasteiger partial charge in [-0.15, -0.1) is 0 Å². The molecule has 10 heteroatoms. The van der Waals surface area contributed by atoms with Crippen LogP contribution in [0.1, 0.15) is 69.7 Å². The summed E-state index contributed by atoms with van der Waals surface area (Å²) < 4.78 is 16.9. The smallest absolute Gasteiger partial charge is 0.268 e. The summed E-state index contributed by atoms with van der Waals surface area (Å²) in [6, 6.07) is 13.3. The number of H-pyrrole nitrogens is 2. The maximum absolute atomic E-state index is 13.6. The topological polar surface area (TPSA) is 125 Å². The fourth-order valence-electron chi connectivity index (χ4n) is 5.43. The largest absolute Gasteiger partial charge is 0.494 e. The lowest BCUT2D eigenvalue weighted by molar-refractivity contribution is -0.110. The van der Waals surface area contributed by atoms with Crippen molar-refractivity contribution in [1.82, 2.24) is 20.5 Å². The maximum atomic E-state index is 13.6. The first-order chi connectivity index (χ1) is 20.7. The van der Waals surface area contributed by atoms with E-state index in [0.29, 0.717) is 43.3 Å². The molecule has 0 spiro atoms. The average molecular weight is 605 g/mol. The van der Waals surface area contributed by atoms with Crippen LogP contribution in [0.3, 0.4) is 0 Å². The highest BCUT2D eigenvalue weighted by atomic mass is 35.5. The van der Waals surface area contributed by atoms with Gasteiger partial charge < -0.3 is 29.3 Å². The third-order valence-electron chi connectivity index (χ3n) is 7.49. The van der Waals surface area contributed by atoms with E-state index in [2.05, 4.69) is 20.5 Å². The molecular weight excluding hydrogens is 568 g/mol. The summed E-state index contributed by atoms with van der Waals surface area (Å²) >= 11 is 6.32. The number of aryl methyl sites for hydroxylation is 5. The highest BCUT2D eigenvalue weighted by Gasteiger charge is 2.22. The van der Waals surface area contributed by atoms with Crippen molar-refractivity contribution in [1.29, 1.82) is 0 Å². The van der Waals surface area contributed by atoms with E-state index in [-0.39, 0.29) is 12.5 Å². The van der Waals surface area contributed by atoms with Crippen LogP contribution in [0.15, 0.2) is 46.9 Å². The van der Waals surface area contributed by atoms with Crippen LogP contribution in [0, 0.1) is 27.7 Å². The number of furan rings is 1. The molecule has 0 fully saturated rings. The number of hydrogen-bond acceptors (Lipinski definition) is 6. The molecule has 0 aliphatic carbocycles. The highest BCUT2D eigenvalue weighted by Crippen LogP contribution is 2.35. The summed E-state index contributed by atoms with van der Waals surface area (Å²) in [6.45, 7) is 10.6. The van der Waals surface area contributed by atoms with Crippen LogP contribution in [-0.2, 0) is 17.7 Å². The molecule has 1 unspecified atom stereocenters. The minimum Gasteiger partial charge on any atom is -0.494 e. The molecule has 3 heterocycles. The Labute approximate surface area is 255 Å². The molecule has 43 heavy (non-hydrogen) atoms. The number of nitrogens with zero attached hydrogens (tertiary/aromatic N) is 1. The van der Waals surface area contributed by atoms with Crippen LogP contribution in [0.4, 0.5) is 0 Å². The number of aliphatic hydroxyl groups is 1. The summed E-state index contributed by atoms with van der Waals surface area (Å²) in [4.78, 5) is 17.1. The third-order valence-corrected chi connectivity index (χ3v) is 8.09. The van der Waals surface area contributed by atoms with Gasteiger partial charge in [-0.25, -0.2) is 0 Å². The summed E-state index contributed by atoms with van der Waals surface area (Å²) in [6.07, 6.45) is 0.164. The summed E-state index contributed by atoms with van der Waals surface area (Å²) in [5, 5.41) is 22.2. The number of benzene rings is 2. The zero-order valence-electron chi connectivity index (χ0n) is 25.1. The lowest BCUT2D eigenvalue weighted by atomic mass is 9.98. The number of aromatic nitrogens is 3. The first-order valence-corrected chi connectivity index (χ1v) is 14.8. The molecular formula is C33H37ClN4O5. The van der Waals surface area contributed by atoms with Crippen LogP contribution in [0.25, 0.3) is 22.0 Å². The Bertz CT molecular complexity index is 1710. The quantitative estimate of drug-likeness (QED) is 0.0897. The number of rotatable bonds is 12. The molecule has 5 aromatic rings. The number of aliphatic hydroxyl groups excluding tert-OH is 1. The van der Waals surface area contributed by atoms with Gasteiger partial charge in [-0.1, -0.05) is 29.8 Å². The number of amides is 1. The van der Waals surface area contributed by atoms with Gasteiger partial charge in [-0.05, 0) is 88.4 Å². The van der Waals surface area contributed by atoms with Gasteiger partial charge >= 0.3 is 0 Å². The Balaban J connectivity index is 1.40. The van der Waals surface area contributed by atoms with E-state index in [9.17, 15) is 9.90 Å². The molecule has 5 rings (SSSR count). The molecule has 0 saturated carbocycles. The number of aromatic amines is 2. The number of carbonyl (C=O) groups is 1. The fraction of sp³-hybridized carbons (Fsp3) is 0.333. The van der Waals surface area contributed by atoms with Gasteiger partial charge in [0, 0.05) is 33.8 Å². The van der Waals surface area contributed by atoms with Crippen LogP contribution in [-0.4, -0.2) is 39.4 Å². The number of hydrogen-bond donors (Lipinski definition) is 4. The molecule has 2 aromatic carbocycles. The van der Waals surface area contributed by atoms with Crippen LogP contribution in [0.2, 0.25) is 5.02 Å². The number of fused-ring (bicyclic) bond motifs is 1. The second-order valence-corrected chi connectivity index (χ2v) is 11.0. The monoisotopic (exact) mass is 604 g/mol. The molecule has 1 atom stereocenters. The Morgan fingerprint density at radius 1 is 1.14 bits per heavy atom. The maximum Gasteiger partial charge on any atom is 0.268 e. The van der Waals surface area contributed by atoms with Crippen molar-refractivity contribution in [2.75, 3.05) is 13.2 Å². The second kappa shape index (κ2) is 13.1. The van der Waals surface area contributed by atoms with E-state index in [0.717, 1.165) is 60.9 Å². The number of carbonyl (C=O) groups excluding carboxylic acids is 1. The summed E-state index contributed by atoms with van der Waals surface area (Å²) in [5.74, 6) is 1.31. The van der Waals surface area contributed by atoms with E-state index in [4.69, 9.17) is 25.5 Å². The average Bonchev–Trinajstić information content (AvgIpc) is 3.70. The first kappa shape index (κ1) is 30.4. The van der Waals surface area contributed by atoms with Gasteiger partial charge in [-0.2, -0.15) is 5.10 Å². The molecule has 226 valence electrons.